The van der Waals surface area contributed by atoms with E-state index in [1.54, 1.807) is 7.05 Å². The number of hydrogen-bond donors (Lipinski definition) is 0. The van der Waals surface area contributed by atoms with Gasteiger partial charge in [0.15, 0.2) is 0 Å². The number of imide groups is 1. The largest absolute Gasteiger partial charge is 0.285 e. The molecule has 0 spiro atoms. The van der Waals surface area contributed by atoms with Gasteiger partial charge in [-0.15, -0.1) is 0 Å². The zero-order valence-corrected chi connectivity index (χ0v) is 9.56. The molecule has 6 unspecified atom stereocenters. The highest BCUT2D eigenvalue weighted by molar-refractivity contribution is 6.05. The number of carbonyl (C=O) groups excluding carboxylic acids is 2. The van der Waals surface area contributed by atoms with Gasteiger partial charge in [-0.1, -0.05) is 0 Å². The molecule has 3 heteroatoms. The van der Waals surface area contributed by atoms with Crippen LogP contribution in [0.3, 0.4) is 0 Å². The van der Waals surface area contributed by atoms with E-state index in [-0.39, 0.29) is 23.7 Å². The summed E-state index contributed by atoms with van der Waals surface area (Å²) in [7, 11) is 1.67. The SMILES string of the molecule is CN1C(=O)C2C3CCC(C4CCC43)C2C1=O. The van der Waals surface area contributed by atoms with Gasteiger partial charge in [0.25, 0.3) is 0 Å². The van der Waals surface area contributed by atoms with Crippen molar-refractivity contribution in [1.82, 2.24) is 4.90 Å². The first-order chi connectivity index (χ1) is 7.70. The summed E-state index contributed by atoms with van der Waals surface area (Å²) in [5.74, 6) is 3.01. The summed E-state index contributed by atoms with van der Waals surface area (Å²) < 4.78 is 0. The molecule has 1 saturated heterocycles. The molecule has 0 aromatic rings. The lowest BCUT2D eigenvalue weighted by atomic mass is 9.44. The fourth-order valence-corrected chi connectivity index (χ4v) is 5.08. The van der Waals surface area contributed by atoms with Crippen LogP contribution >= 0.6 is 0 Å². The monoisotopic (exact) mass is 219 g/mol. The van der Waals surface area contributed by atoms with Crippen LogP contribution in [0.5, 0.6) is 0 Å². The maximum absolute atomic E-state index is 12.1. The molecule has 4 saturated carbocycles. The molecule has 4 aliphatic carbocycles. The van der Waals surface area contributed by atoms with Crippen molar-refractivity contribution in [1.29, 1.82) is 0 Å². The lowest BCUT2D eigenvalue weighted by Crippen LogP contribution is -2.55. The van der Waals surface area contributed by atoms with Crippen LogP contribution in [0, 0.1) is 35.5 Å². The Morgan fingerprint density at radius 2 is 1.19 bits per heavy atom. The highest BCUT2D eigenvalue weighted by Gasteiger charge is 2.64. The smallest absolute Gasteiger partial charge is 0.233 e. The Hall–Kier alpha value is -0.860. The minimum absolute atomic E-state index is 0.0674. The van der Waals surface area contributed by atoms with Gasteiger partial charge in [0.1, 0.15) is 0 Å². The molecule has 6 atom stereocenters. The average molecular weight is 219 g/mol. The molecular weight excluding hydrogens is 202 g/mol. The van der Waals surface area contributed by atoms with Gasteiger partial charge in [0.05, 0.1) is 11.8 Å². The predicted octanol–water partition coefficient (Wildman–Crippen LogP) is 1.28. The van der Waals surface area contributed by atoms with E-state index >= 15 is 0 Å². The van der Waals surface area contributed by atoms with E-state index in [1.807, 2.05) is 0 Å². The Morgan fingerprint density at radius 3 is 1.56 bits per heavy atom. The molecule has 5 fully saturated rings. The molecule has 0 aromatic carbocycles. The van der Waals surface area contributed by atoms with E-state index in [2.05, 4.69) is 0 Å². The first kappa shape index (κ1) is 9.20. The molecule has 3 nitrogen and oxygen atoms in total. The topological polar surface area (TPSA) is 37.4 Å². The van der Waals surface area contributed by atoms with E-state index in [9.17, 15) is 9.59 Å². The molecule has 5 rings (SSSR count). The minimum Gasteiger partial charge on any atom is -0.285 e. The summed E-state index contributed by atoms with van der Waals surface area (Å²) in [4.78, 5) is 25.7. The van der Waals surface area contributed by atoms with Gasteiger partial charge in [-0.3, -0.25) is 14.5 Å². The molecule has 86 valence electrons. The van der Waals surface area contributed by atoms with Crippen molar-refractivity contribution in [2.75, 3.05) is 7.05 Å². The number of hydrogen-bond acceptors (Lipinski definition) is 2. The number of likely N-dealkylation sites (tertiary alicyclic amines) is 1. The van der Waals surface area contributed by atoms with Gasteiger partial charge >= 0.3 is 0 Å². The quantitative estimate of drug-likeness (QED) is 0.576. The summed E-state index contributed by atoms with van der Waals surface area (Å²) in [6, 6.07) is 0. The van der Waals surface area contributed by atoms with E-state index in [1.165, 1.54) is 30.6 Å². The molecule has 5 aliphatic rings. The molecule has 0 N–H and O–H groups in total. The van der Waals surface area contributed by atoms with Crippen molar-refractivity contribution in [2.45, 2.75) is 25.7 Å². The van der Waals surface area contributed by atoms with Crippen LogP contribution in [0.15, 0.2) is 0 Å². The summed E-state index contributed by atoms with van der Waals surface area (Å²) in [6.07, 6.45) is 5.00. The maximum Gasteiger partial charge on any atom is 0.233 e. The van der Waals surface area contributed by atoms with Gasteiger partial charge in [-0.05, 0) is 49.4 Å². The number of fused-ring (bicyclic) bond motifs is 1. The molecule has 0 radical (unpaired) electrons. The second-order valence-electron chi connectivity index (χ2n) is 6.10. The van der Waals surface area contributed by atoms with Crippen LogP contribution < -0.4 is 0 Å². The van der Waals surface area contributed by atoms with Crippen LogP contribution in [0.4, 0.5) is 0 Å². The van der Waals surface area contributed by atoms with Crippen molar-refractivity contribution >= 4 is 11.8 Å². The lowest BCUT2D eigenvalue weighted by molar-refractivity contribution is -0.151. The summed E-state index contributed by atoms with van der Waals surface area (Å²) >= 11 is 0. The van der Waals surface area contributed by atoms with Crippen LogP contribution in [0.1, 0.15) is 25.7 Å². The van der Waals surface area contributed by atoms with E-state index < -0.39 is 0 Å². The number of carbonyl (C=O) groups is 2. The van der Waals surface area contributed by atoms with Gasteiger partial charge in [-0.2, -0.15) is 0 Å². The summed E-state index contributed by atoms with van der Waals surface area (Å²) in [6.45, 7) is 0. The van der Waals surface area contributed by atoms with Gasteiger partial charge in [0, 0.05) is 7.05 Å². The average Bonchev–Trinajstić information content (AvgIpc) is 2.45. The zero-order valence-electron chi connectivity index (χ0n) is 9.56. The highest BCUT2D eigenvalue weighted by Crippen LogP contribution is 2.63. The third-order valence-electron chi connectivity index (χ3n) is 5.86. The second kappa shape index (κ2) is 2.69. The van der Waals surface area contributed by atoms with Crippen LogP contribution in [0.25, 0.3) is 0 Å². The first-order valence-corrected chi connectivity index (χ1v) is 6.51. The van der Waals surface area contributed by atoms with Crippen molar-refractivity contribution in [3.8, 4) is 0 Å². The Bertz CT molecular complexity index is 355. The third kappa shape index (κ3) is 0.802. The van der Waals surface area contributed by atoms with Crippen LogP contribution in [-0.2, 0) is 9.59 Å². The zero-order chi connectivity index (χ0) is 11.0. The molecule has 1 heterocycles. The van der Waals surface area contributed by atoms with Crippen molar-refractivity contribution in [2.24, 2.45) is 35.5 Å². The van der Waals surface area contributed by atoms with Gasteiger partial charge in [0.2, 0.25) is 11.8 Å². The molecule has 0 aromatic heterocycles. The standard InChI is InChI=1S/C13H17NO2/c1-14-12(15)10-8-4-5-9(11(10)13(14)16)7-3-2-6(7)8/h6-11H,2-5H2,1H3. The maximum atomic E-state index is 12.1. The molecular formula is C13H17NO2. The van der Waals surface area contributed by atoms with Crippen LogP contribution in [0.2, 0.25) is 0 Å². The third-order valence-corrected chi connectivity index (χ3v) is 5.86. The van der Waals surface area contributed by atoms with Crippen molar-refractivity contribution in [3.63, 3.8) is 0 Å². The number of rotatable bonds is 0. The van der Waals surface area contributed by atoms with Crippen LogP contribution in [-0.4, -0.2) is 23.8 Å². The molecule has 16 heavy (non-hydrogen) atoms. The van der Waals surface area contributed by atoms with E-state index in [0.717, 1.165) is 11.8 Å². The fraction of sp³-hybridized carbons (Fsp3) is 0.846. The van der Waals surface area contributed by atoms with Gasteiger partial charge < -0.3 is 0 Å². The normalized spacial score (nSPS) is 53.7. The Labute approximate surface area is 95.2 Å². The van der Waals surface area contributed by atoms with Gasteiger partial charge in [-0.25, -0.2) is 0 Å². The summed E-state index contributed by atoms with van der Waals surface area (Å²) in [5, 5.41) is 0. The van der Waals surface area contributed by atoms with E-state index in [4.69, 9.17) is 0 Å². The molecule has 2 bridgehead atoms. The number of nitrogens with zero attached hydrogens (tertiary/aromatic N) is 1. The lowest BCUT2D eigenvalue weighted by Gasteiger charge is -2.58. The Kier molecular flexibility index (Phi) is 1.55. The highest BCUT2D eigenvalue weighted by atomic mass is 16.2. The Morgan fingerprint density at radius 1 is 0.812 bits per heavy atom. The summed E-state index contributed by atoms with van der Waals surface area (Å²) in [5.41, 5.74) is 0. The second-order valence-corrected chi connectivity index (χ2v) is 6.10. The molecule has 1 aliphatic heterocycles. The first-order valence-electron chi connectivity index (χ1n) is 6.51. The van der Waals surface area contributed by atoms with Crippen molar-refractivity contribution in [3.05, 3.63) is 0 Å². The predicted molar refractivity (Wildman–Crippen MR) is 57.2 cm³/mol. The Balaban J connectivity index is 1.80. The minimum atomic E-state index is 0.0674. The molecule has 2 amide bonds. The number of amides is 2. The van der Waals surface area contributed by atoms with Crippen molar-refractivity contribution < 1.29 is 9.59 Å². The van der Waals surface area contributed by atoms with E-state index in [0.29, 0.717) is 11.8 Å². The fourth-order valence-electron chi connectivity index (χ4n) is 5.08.